The second-order valence-corrected chi connectivity index (χ2v) is 33.0. The van der Waals surface area contributed by atoms with Gasteiger partial charge in [0.1, 0.15) is 19.3 Å². The van der Waals surface area contributed by atoms with E-state index in [-0.39, 0.29) is 25.7 Å². The second kappa shape index (κ2) is 75.9. The minimum absolute atomic E-state index is 0.108. The highest BCUT2D eigenvalue weighted by atomic mass is 31.2. The van der Waals surface area contributed by atoms with E-state index in [2.05, 4.69) is 34.6 Å². The summed E-state index contributed by atoms with van der Waals surface area (Å²) in [6.45, 7) is 7.36. The molecule has 0 fully saturated rings. The number of phosphoric ester groups is 2. The Bertz CT molecular complexity index is 1950. The van der Waals surface area contributed by atoms with Gasteiger partial charge in [-0.3, -0.25) is 37.3 Å². The number of esters is 4. The predicted octanol–water partition coefficient (Wildman–Crippen LogP) is 25.2. The molecule has 17 nitrogen and oxygen atoms in total. The maximum Gasteiger partial charge on any atom is 0.472 e. The van der Waals surface area contributed by atoms with Crippen LogP contribution in [0.1, 0.15) is 446 Å². The first-order valence-electron chi connectivity index (χ1n) is 43.2. The van der Waals surface area contributed by atoms with Crippen LogP contribution in [0.4, 0.5) is 0 Å². The average molecular weight is 1490 g/mol. The summed E-state index contributed by atoms with van der Waals surface area (Å²) in [4.78, 5) is 73.0. The van der Waals surface area contributed by atoms with Gasteiger partial charge in [0.25, 0.3) is 0 Å². The lowest BCUT2D eigenvalue weighted by atomic mass is 9.99. The molecule has 0 radical (unpaired) electrons. The number of phosphoric acid groups is 2. The van der Waals surface area contributed by atoms with Crippen LogP contribution in [0.3, 0.4) is 0 Å². The van der Waals surface area contributed by atoms with E-state index in [4.69, 9.17) is 37.0 Å². The molecule has 0 aromatic carbocycles. The molecule has 0 aromatic heterocycles. The number of carbonyl (C=O) groups excluding carboxylic acids is 4. The van der Waals surface area contributed by atoms with Gasteiger partial charge in [0.2, 0.25) is 0 Å². The van der Waals surface area contributed by atoms with Crippen molar-refractivity contribution in [2.45, 2.75) is 464 Å². The van der Waals surface area contributed by atoms with Crippen molar-refractivity contribution in [1.29, 1.82) is 0 Å². The van der Waals surface area contributed by atoms with Crippen LogP contribution in [0.15, 0.2) is 0 Å². The van der Waals surface area contributed by atoms with Gasteiger partial charge < -0.3 is 33.8 Å². The van der Waals surface area contributed by atoms with Crippen molar-refractivity contribution < 1.29 is 80.2 Å². The van der Waals surface area contributed by atoms with Crippen molar-refractivity contribution >= 4 is 39.5 Å². The Kier molecular flexibility index (Phi) is 74.4. The minimum Gasteiger partial charge on any atom is -0.462 e. The van der Waals surface area contributed by atoms with Gasteiger partial charge >= 0.3 is 39.5 Å². The number of aliphatic hydroxyl groups excluding tert-OH is 1. The third-order valence-electron chi connectivity index (χ3n) is 19.9. The highest BCUT2D eigenvalue weighted by Crippen LogP contribution is 2.45. The smallest absolute Gasteiger partial charge is 0.462 e. The Labute approximate surface area is 626 Å². The molecule has 0 heterocycles. The fourth-order valence-corrected chi connectivity index (χ4v) is 14.5. The van der Waals surface area contributed by atoms with Crippen LogP contribution in [0.2, 0.25) is 0 Å². The first-order chi connectivity index (χ1) is 49.6. The number of unbranched alkanes of at least 4 members (excludes halogenated alkanes) is 54. The van der Waals surface area contributed by atoms with Gasteiger partial charge in [-0.25, -0.2) is 9.13 Å². The Morgan fingerprint density at radius 2 is 0.471 bits per heavy atom. The van der Waals surface area contributed by atoms with E-state index in [1.807, 2.05) is 0 Å². The molecule has 0 aromatic rings. The molecule has 0 spiro atoms. The lowest BCUT2D eigenvalue weighted by Crippen LogP contribution is -2.30. The number of hydrogen-bond donors (Lipinski definition) is 3. The van der Waals surface area contributed by atoms with E-state index >= 15 is 0 Å². The molecule has 0 aliphatic carbocycles. The Hall–Kier alpha value is -1.94. The van der Waals surface area contributed by atoms with Crippen LogP contribution in [0, 0.1) is 5.92 Å². The van der Waals surface area contributed by atoms with E-state index in [1.54, 1.807) is 0 Å². The number of hydrogen-bond acceptors (Lipinski definition) is 15. The monoisotopic (exact) mass is 1490 g/mol. The Morgan fingerprint density at radius 3 is 0.696 bits per heavy atom. The SMILES string of the molecule is CCCCCCCCCCCCCCCCCCCCCCCC(=O)O[C@H](COC(=O)CCCCCCCCCCCCCCCCC(C)CC)COP(=O)(O)OC[C@@H](O)COP(=O)(O)OC[C@@H](COC(=O)CCCCCCCCC)OC(=O)CCCCCCCCCCCCCCCCCC. The third kappa shape index (κ3) is 74.9. The van der Waals surface area contributed by atoms with Gasteiger partial charge in [-0.1, -0.05) is 394 Å². The van der Waals surface area contributed by atoms with Crippen LogP contribution >= 0.6 is 15.6 Å². The van der Waals surface area contributed by atoms with Gasteiger partial charge in [0.15, 0.2) is 12.2 Å². The standard InChI is InChI=1S/C83H162O17P2/c1-6-10-13-16-19-21-23-25-27-29-30-31-32-33-35-41-45-49-54-59-64-69-83(88)100-79(73-94-81(86)67-62-57-52-47-43-39-37-36-38-42-46-51-55-60-65-76(5)9-4)75-98-102(91,92)96-71-77(84)70-95-101(89,90)97-74-78(72-93-80(85)66-61-56-50-18-15-12-8-3)99-82(87)68-63-58-53-48-44-40-34-28-26-24-22-20-17-14-11-7-2/h76-79,84H,6-75H2,1-5H3,(H,89,90)(H,91,92)/t76?,77-,78+,79+/m0/s1. The number of ether oxygens (including phenoxy) is 4. The summed E-state index contributed by atoms with van der Waals surface area (Å²) in [5.41, 5.74) is 0. The fraction of sp³-hybridized carbons (Fsp3) is 0.952. The molecule has 0 aliphatic heterocycles. The zero-order chi connectivity index (χ0) is 74.8. The quantitative estimate of drug-likeness (QED) is 0.0222. The molecular formula is C83H162O17P2. The van der Waals surface area contributed by atoms with E-state index in [0.29, 0.717) is 25.7 Å². The summed E-state index contributed by atoms with van der Waals surface area (Å²) < 4.78 is 68.7. The summed E-state index contributed by atoms with van der Waals surface area (Å²) in [6, 6.07) is 0. The first kappa shape index (κ1) is 100. The van der Waals surface area contributed by atoms with Crippen LogP contribution in [0.25, 0.3) is 0 Å². The van der Waals surface area contributed by atoms with Gasteiger partial charge in [0, 0.05) is 25.7 Å². The average Bonchev–Trinajstić information content (AvgIpc) is 0.966. The van der Waals surface area contributed by atoms with Gasteiger partial charge in [-0.05, 0) is 31.6 Å². The van der Waals surface area contributed by atoms with Crippen LogP contribution < -0.4 is 0 Å². The topological polar surface area (TPSA) is 237 Å². The zero-order valence-corrected chi connectivity index (χ0v) is 68.5. The van der Waals surface area contributed by atoms with Crippen LogP contribution in [-0.4, -0.2) is 96.7 Å². The zero-order valence-electron chi connectivity index (χ0n) is 66.8. The van der Waals surface area contributed by atoms with Crippen molar-refractivity contribution in [3.8, 4) is 0 Å². The Morgan fingerprint density at radius 1 is 0.275 bits per heavy atom. The lowest BCUT2D eigenvalue weighted by Gasteiger charge is -2.21. The summed E-state index contributed by atoms with van der Waals surface area (Å²) in [6.07, 6.45) is 68.2. The van der Waals surface area contributed by atoms with Gasteiger partial charge in [-0.15, -0.1) is 0 Å². The Balaban J connectivity index is 5.17. The highest BCUT2D eigenvalue weighted by molar-refractivity contribution is 7.47. The number of carbonyl (C=O) groups is 4. The molecule has 0 bridgehead atoms. The van der Waals surface area contributed by atoms with Crippen molar-refractivity contribution in [3.05, 3.63) is 0 Å². The molecule has 3 N–H and O–H groups in total. The second-order valence-electron chi connectivity index (χ2n) is 30.1. The molecule has 19 heteroatoms. The van der Waals surface area contributed by atoms with Crippen molar-refractivity contribution in [2.75, 3.05) is 39.6 Å². The van der Waals surface area contributed by atoms with E-state index in [0.717, 1.165) is 109 Å². The fourth-order valence-electron chi connectivity index (χ4n) is 12.9. The first-order valence-corrected chi connectivity index (χ1v) is 46.2. The maximum absolute atomic E-state index is 13.1. The predicted molar refractivity (Wildman–Crippen MR) is 418 cm³/mol. The molecule has 0 saturated heterocycles. The van der Waals surface area contributed by atoms with Crippen LogP contribution in [-0.2, 0) is 65.4 Å². The van der Waals surface area contributed by atoms with Gasteiger partial charge in [0.05, 0.1) is 26.4 Å². The lowest BCUT2D eigenvalue weighted by molar-refractivity contribution is -0.161. The number of rotatable bonds is 83. The number of aliphatic hydroxyl groups is 1. The summed E-state index contributed by atoms with van der Waals surface area (Å²) >= 11 is 0. The maximum atomic E-state index is 13.1. The summed E-state index contributed by atoms with van der Waals surface area (Å²) in [5, 5.41) is 10.6. The highest BCUT2D eigenvalue weighted by Gasteiger charge is 2.30. The minimum atomic E-state index is -4.96. The third-order valence-corrected chi connectivity index (χ3v) is 21.8. The van der Waals surface area contributed by atoms with E-state index in [9.17, 15) is 43.2 Å². The largest absolute Gasteiger partial charge is 0.472 e. The molecule has 0 saturated carbocycles. The van der Waals surface area contributed by atoms with Gasteiger partial charge in [-0.2, -0.15) is 0 Å². The van der Waals surface area contributed by atoms with Crippen molar-refractivity contribution in [2.24, 2.45) is 5.92 Å². The van der Waals surface area contributed by atoms with Crippen molar-refractivity contribution in [3.63, 3.8) is 0 Å². The summed E-state index contributed by atoms with van der Waals surface area (Å²) in [5.74, 6) is -1.26. The van der Waals surface area contributed by atoms with E-state index in [1.165, 1.54) is 257 Å². The molecule has 0 amide bonds. The normalized spacial score (nSPS) is 14.1. The van der Waals surface area contributed by atoms with Crippen molar-refractivity contribution in [1.82, 2.24) is 0 Å². The molecule has 102 heavy (non-hydrogen) atoms. The van der Waals surface area contributed by atoms with E-state index < -0.39 is 97.5 Å². The molecule has 0 rings (SSSR count). The summed E-state index contributed by atoms with van der Waals surface area (Å²) in [7, 11) is -9.92. The molecule has 0 aliphatic rings. The van der Waals surface area contributed by atoms with Crippen LogP contribution in [0.5, 0.6) is 0 Å². The molecule has 6 atom stereocenters. The molecule has 606 valence electrons. The molecule has 3 unspecified atom stereocenters. The molecular weight excluding hydrogens is 1330 g/mol.